The maximum absolute atomic E-state index is 13.8. The molecule has 0 radical (unpaired) electrons. The summed E-state index contributed by atoms with van der Waals surface area (Å²) in [4.78, 5) is 87.4. The number of fused-ring (bicyclic) bond motifs is 1. The molecule has 0 bridgehead atoms. The van der Waals surface area contributed by atoms with Gasteiger partial charge in [0.25, 0.3) is 23.5 Å². The molecular formula is C66H74F7N11O7. The predicted molar refractivity (Wildman–Crippen MR) is 325 cm³/mol. The van der Waals surface area contributed by atoms with Crippen LogP contribution in [-0.4, -0.2) is 180 Å². The van der Waals surface area contributed by atoms with E-state index in [4.69, 9.17) is 9.84 Å². The number of carboxylic acid groups (broad SMARTS) is 1. The van der Waals surface area contributed by atoms with Crippen molar-refractivity contribution < 1.29 is 64.5 Å². The van der Waals surface area contributed by atoms with Gasteiger partial charge >= 0.3 is 5.97 Å². The number of ether oxygens (including phenoxy) is 1. The number of hydrogen-bond donors (Lipinski definition) is 3. The number of carbonyl (C=O) groups excluding carboxylic acids is 4. The van der Waals surface area contributed by atoms with Crippen molar-refractivity contribution in [3.63, 3.8) is 0 Å². The Morgan fingerprint density at radius 1 is 0.527 bits per heavy atom. The second-order valence-corrected chi connectivity index (χ2v) is 23.4. The number of aromatic carboxylic acids is 1. The summed E-state index contributed by atoms with van der Waals surface area (Å²) in [6.45, 7) is 19.9. The minimum Gasteiger partial charge on any atom is -0.480 e. The average Bonchev–Trinajstić information content (AvgIpc) is 1.74. The molecule has 3 amide bonds. The van der Waals surface area contributed by atoms with Crippen LogP contribution in [0.25, 0.3) is 11.0 Å². The van der Waals surface area contributed by atoms with Gasteiger partial charge in [0.2, 0.25) is 29.7 Å². The maximum atomic E-state index is 13.8. The van der Waals surface area contributed by atoms with E-state index in [0.29, 0.717) is 75.5 Å². The summed E-state index contributed by atoms with van der Waals surface area (Å²) in [6.07, 6.45) is 3.25. The molecule has 91 heavy (non-hydrogen) atoms. The number of nitrogens with one attached hydrogen (secondary N) is 2. The second kappa shape index (κ2) is 30.9. The third-order valence-corrected chi connectivity index (χ3v) is 16.5. The van der Waals surface area contributed by atoms with E-state index in [-0.39, 0.29) is 70.1 Å². The molecule has 4 aromatic heterocycles. The van der Waals surface area contributed by atoms with E-state index in [0.717, 1.165) is 67.9 Å². The number of nitrogens with zero attached hydrogens (tertiary/aromatic N) is 9. The number of aromatic nitrogens is 4. The summed E-state index contributed by atoms with van der Waals surface area (Å²) in [5.41, 5.74) is 3.14. The minimum atomic E-state index is -1.46. The fraction of sp³-hybridized carbons (Fsp3) is 0.394. The Balaban J connectivity index is 0.000000173. The zero-order valence-corrected chi connectivity index (χ0v) is 51.6. The summed E-state index contributed by atoms with van der Waals surface area (Å²) < 4.78 is 95.8. The number of piperazine rings is 3. The lowest BCUT2D eigenvalue weighted by atomic mass is 10.0. The zero-order valence-electron chi connectivity index (χ0n) is 51.6. The van der Waals surface area contributed by atoms with Gasteiger partial charge in [-0.25, -0.2) is 18.0 Å². The van der Waals surface area contributed by atoms with Gasteiger partial charge in [-0.1, -0.05) is 36.4 Å². The van der Waals surface area contributed by atoms with E-state index in [9.17, 15) is 54.7 Å². The predicted octanol–water partition coefficient (Wildman–Crippen LogP) is 9.55. The number of H-pyrrole nitrogens is 1. The van der Waals surface area contributed by atoms with E-state index in [2.05, 4.69) is 60.7 Å². The van der Waals surface area contributed by atoms with Crippen molar-refractivity contribution >= 4 is 40.5 Å². The fourth-order valence-corrected chi connectivity index (χ4v) is 11.4. The van der Waals surface area contributed by atoms with Crippen LogP contribution in [0.4, 0.5) is 30.7 Å². The van der Waals surface area contributed by atoms with Crippen molar-refractivity contribution in [1.29, 1.82) is 0 Å². The number of methoxy groups -OCH3 is 1. The number of halogens is 7. The van der Waals surface area contributed by atoms with Gasteiger partial charge in [0, 0.05) is 120 Å². The summed E-state index contributed by atoms with van der Waals surface area (Å²) in [5.74, 6) is -8.29. The number of Topliss-reactive ketones (excluding diaryl/α,β-unsaturated/α-hetero) is 1. The van der Waals surface area contributed by atoms with Crippen LogP contribution >= 0.6 is 0 Å². The van der Waals surface area contributed by atoms with Crippen molar-refractivity contribution in [2.45, 2.75) is 110 Å². The molecule has 4 fully saturated rings. The molecule has 0 aliphatic carbocycles. The van der Waals surface area contributed by atoms with Gasteiger partial charge in [-0.05, 0) is 138 Å². The summed E-state index contributed by atoms with van der Waals surface area (Å²) >= 11 is 0. The van der Waals surface area contributed by atoms with Gasteiger partial charge in [0.1, 0.15) is 34.2 Å². The zero-order chi connectivity index (χ0) is 65.8. The van der Waals surface area contributed by atoms with Crippen LogP contribution in [0.5, 0.6) is 5.88 Å². The van der Waals surface area contributed by atoms with E-state index in [1.165, 1.54) is 55.3 Å². The molecule has 4 aliphatic heterocycles. The van der Waals surface area contributed by atoms with Gasteiger partial charge in [0.15, 0.2) is 0 Å². The molecule has 0 unspecified atom stereocenters. The number of likely N-dealkylation sites (tertiary alicyclic amines) is 1. The van der Waals surface area contributed by atoms with Gasteiger partial charge in [-0.2, -0.15) is 32.5 Å². The van der Waals surface area contributed by atoms with Crippen molar-refractivity contribution in [2.75, 3.05) is 59.5 Å². The van der Waals surface area contributed by atoms with E-state index >= 15 is 0 Å². The second-order valence-electron chi connectivity index (χ2n) is 23.4. The highest BCUT2D eigenvalue weighted by atomic mass is 19.2. The third-order valence-electron chi connectivity index (χ3n) is 16.5. The highest BCUT2D eigenvalue weighted by molar-refractivity contribution is 6.44. The molecule has 8 heterocycles. The molecular weight excluding hydrogens is 1190 g/mol. The van der Waals surface area contributed by atoms with Crippen molar-refractivity contribution in [3.8, 4) is 5.88 Å². The molecule has 6 atom stereocenters. The molecule has 11 rings (SSSR count). The number of ketones is 1. The molecule has 4 saturated heterocycles. The molecule has 3 N–H and O–H groups in total. The van der Waals surface area contributed by atoms with Crippen LogP contribution in [0.2, 0.25) is 0 Å². The number of carboxylic acids is 1. The van der Waals surface area contributed by atoms with Crippen LogP contribution in [0, 0.1) is 41.2 Å². The molecule has 0 spiro atoms. The molecule has 7 aromatic rings. The minimum absolute atomic E-state index is 0.0386. The first-order valence-electron chi connectivity index (χ1n) is 30.0. The van der Waals surface area contributed by atoms with Gasteiger partial charge in [-0.3, -0.25) is 33.9 Å². The Morgan fingerprint density at radius 2 is 0.967 bits per heavy atom. The van der Waals surface area contributed by atoms with Crippen molar-refractivity contribution in [3.05, 3.63) is 190 Å². The molecule has 18 nitrogen and oxygen atoms in total. The number of benzene rings is 3. The van der Waals surface area contributed by atoms with Gasteiger partial charge in [-0.15, -0.1) is 0 Å². The topological polar surface area (TPSA) is 201 Å². The monoisotopic (exact) mass is 1270 g/mol. The quantitative estimate of drug-likeness (QED) is 0.0452. The Bertz CT molecular complexity index is 3670. The summed E-state index contributed by atoms with van der Waals surface area (Å²) in [5, 5.41) is 12.1. The molecule has 4 aliphatic rings. The molecule has 3 aromatic carbocycles. The Labute approximate surface area is 523 Å². The number of pyridine rings is 3. The van der Waals surface area contributed by atoms with Crippen LogP contribution in [0.1, 0.15) is 113 Å². The van der Waals surface area contributed by atoms with Crippen LogP contribution in [-0.2, 0) is 24.4 Å². The first kappa shape index (κ1) is 68.3. The Hall–Kier alpha value is -8.65. The summed E-state index contributed by atoms with van der Waals surface area (Å²) in [6, 6.07) is 25.8. The highest BCUT2D eigenvalue weighted by Crippen LogP contribution is 2.30. The van der Waals surface area contributed by atoms with Crippen molar-refractivity contribution in [2.24, 2.45) is 0 Å². The standard InChI is InChI=1S/C28H32FN5O4.C19H20F3N3O.C13H19FN2.C6H3F2NO2/c1-17-15-34(18(2)14-33(17)16-19-6-8-20(29)9-7-19)27(36)22-12-21-23(13-30-25(21)31-26(22)38-3)24(35)28(37)32-10-4-5-11-32;1-12-10-25(19(26)16-7-8-17(21)23-18(16)22)13(2)9-24(12)11-14-3-5-15(20)6-4-14;1-10-8-16(11(2)7-15-10)9-12-3-5-13(14)6-4-12;7-4-2-1-3(6(10)11)5(8)9-4/h6-9,12-13,17-18H,4-5,10-11,14-16H2,1-3H3,(H,30,31);3-8,12-13H,9-11H2,1-2H3;3-6,10-11,15H,7-9H2,1-2H3;1-2H,(H,10,11)/t17-,18+;12-,13+;10-,11+;/m001./s1. The lowest BCUT2D eigenvalue weighted by molar-refractivity contribution is -0.125. The van der Waals surface area contributed by atoms with Crippen molar-refractivity contribution in [1.82, 2.24) is 54.7 Å². The average molecular weight is 1270 g/mol. The molecule has 484 valence electrons. The first-order valence-corrected chi connectivity index (χ1v) is 30.0. The SMILES string of the molecule is COc1nc2[nH]cc(C(=O)C(=O)N3CCCC3)c2cc1C(=O)N1C[C@H](C)N(Cc2ccc(F)cc2)C[C@H]1C.C[C@@H]1CN(Cc2ccc(F)cc2)[C@@H](C)CN1.C[C@@H]1CN(Cc2ccc(F)cc2)[C@@H](C)CN1C(=O)c1ccc(F)nc1F.O=C(O)c1ccc(F)nc1F. The lowest BCUT2D eigenvalue weighted by Crippen LogP contribution is -2.57. The number of hydrogen-bond acceptors (Lipinski definition) is 13. The number of carbonyl (C=O) groups is 5. The maximum Gasteiger partial charge on any atom is 0.340 e. The molecule has 25 heteroatoms. The molecule has 0 saturated carbocycles. The van der Waals surface area contributed by atoms with E-state index in [1.54, 1.807) is 45.0 Å². The van der Waals surface area contributed by atoms with E-state index in [1.807, 2.05) is 32.9 Å². The smallest absolute Gasteiger partial charge is 0.340 e. The third kappa shape index (κ3) is 17.7. The first-order chi connectivity index (χ1) is 43.4. The van der Waals surface area contributed by atoms with Crippen LogP contribution in [0.3, 0.4) is 0 Å². The highest BCUT2D eigenvalue weighted by Gasteiger charge is 2.37. The van der Waals surface area contributed by atoms with Gasteiger partial charge < -0.3 is 34.8 Å². The Morgan fingerprint density at radius 3 is 1.41 bits per heavy atom. The lowest BCUT2D eigenvalue weighted by Gasteiger charge is -2.44. The number of amides is 3. The largest absolute Gasteiger partial charge is 0.480 e. The Kier molecular flexibility index (Phi) is 23.2. The number of rotatable bonds is 12. The van der Waals surface area contributed by atoms with Crippen LogP contribution in [0.15, 0.2) is 109 Å². The summed E-state index contributed by atoms with van der Waals surface area (Å²) in [7, 11) is 1.45. The van der Waals surface area contributed by atoms with E-state index < -0.39 is 52.9 Å². The van der Waals surface area contributed by atoms with Crippen LogP contribution < -0.4 is 10.1 Å². The number of aromatic amines is 1. The normalized spacial score (nSPS) is 20.4. The van der Waals surface area contributed by atoms with Gasteiger partial charge in [0.05, 0.1) is 18.2 Å². The fourth-order valence-electron chi connectivity index (χ4n) is 11.4.